The van der Waals surface area contributed by atoms with Crippen LogP contribution >= 0.6 is 0 Å². The monoisotopic (exact) mass is 249 g/mol. The highest BCUT2D eigenvalue weighted by molar-refractivity contribution is 5.02. The van der Waals surface area contributed by atoms with Gasteiger partial charge in [0.15, 0.2) is 0 Å². The van der Waals surface area contributed by atoms with Crippen molar-refractivity contribution in [2.45, 2.75) is 33.4 Å². The molecule has 2 aromatic rings. The molecule has 0 aliphatic carbocycles. The van der Waals surface area contributed by atoms with Gasteiger partial charge in [-0.05, 0) is 20.8 Å². The minimum Gasteiger partial charge on any atom is -0.293 e. The lowest BCUT2D eigenvalue weighted by Crippen LogP contribution is -2.31. The zero-order valence-electron chi connectivity index (χ0n) is 10.5. The Hall–Kier alpha value is -2.18. The minimum absolute atomic E-state index is 0.169. The van der Waals surface area contributed by atoms with Crippen molar-refractivity contribution in [1.29, 1.82) is 0 Å². The van der Waals surface area contributed by atoms with E-state index in [1.807, 2.05) is 13.8 Å². The van der Waals surface area contributed by atoms with Crippen LogP contribution in [0, 0.1) is 6.92 Å². The Morgan fingerprint density at radius 2 is 2.11 bits per heavy atom. The van der Waals surface area contributed by atoms with Crippen LogP contribution in [-0.2, 0) is 6.54 Å². The summed E-state index contributed by atoms with van der Waals surface area (Å²) in [5.74, 6) is 0.679. The molecule has 0 aromatic carbocycles. The summed E-state index contributed by atoms with van der Waals surface area (Å²) >= 11 is 0. The summed E-state index contributed by atoms with van der Waals surface area (Å²) in [5.41, 5.74) is -0.310. The number of aryl methyl sites for hydroxylation is 1. The van der Waals surface area contributed by atoms with Crippen LogP contribution in [0.25, 0.3) is 0 Å². The molecule has 0 radical (unpaired) electrons. The van der Waals surface area contributed by atoms with Crippen LogP contribution in [0.15, 0.2) is 22.1 Å². The maximum absolute atomic E-state index is 11.6. The van der Waals surface area contributed by atoms with E-state index in [-0.39, 0.29) is 18.1 Å². The van der Waals surface area contributed by atoms with Gasteiger partial charge < -0.3 is 0 Å². The fourth-order valence-electron chi connectivity index (χ4n) is 1.71. The first kappa shape index (κ1) is 12.3. The van der Waals surface area contributed by atoms with Gasteiger partial charge in [0, 0.05) is 17.8 Å². The first-order valence-electron chi connectivity index (χ1n) is 5.68. The summed E-state index contributed by atoms with van der Waals surface area (Å²) in [5, 5.41) is 4.10. The average Bonchev–Trinajstić information content (AvgIpc) is 2.74. The van der Waals surface area contributed by atoms with Crippen LogP contribution in [0.3, 0.4) is 0 Å². The molecular weight excluding hydrogens is 234 g/mol. The summed E-state index contributed by atoms with van der Waals surface area (Å²) in [7, 11) is 0. The molecule has 0 unspecified atom stereocenters. The van der Waals surface area contributed by atoms with Gasteiger partial charge in [-0.1, -0.05) is 0 Å². The highest BCUT2D eigenvalue weighted by Crippen LogP contribution is 2.05. The van der Waals surface area contributed by atoms with Crippen LogP contribution in [0.1, 0.15) is 31.3 Å². The number of aromatic nitrogens is 5. The Morgan fingerprint density at radius 3 is 2.78 bits per heavy atom. The lowest BCUT2D eigenvalue weighted by Gasteiger charge is -2.10. The fourth-order valence-corrected chi connectivity index (χ4v) is 1.71. The molecule has 0 aliphatic rings. The number of hydrogen-bond acceptors (Lipinski definition) is 4. The maximum Gasteiger partial charge on any atom is 0.328 e. The molecule has 7 nitrogen and oxygen atoms in total. The summed E-state index contributed by atoms with van der Waals surface area (Å²) in [6.45, 7) is 5.91. The van der Waals surface area contributed by atoms with E-state index >= 15 is 0 Å². The molecule has 0 aliphatic heterocycles. The molecule has 7 heteroatoms. The van der Waals surface area contributed by atoms with Crippen LogP contribution in [-0.4, -0.2) is 24.3 Å². The van der Waals surface area contributed by atoms with Crippen molar-refractivity contribution in [3.05, 3.63) is 44.8 Å². The van der Waals surface area contributed by atoms with E-state index in [4.69, 9.17) is 0 Å². The van der Waals surface area contributed by atoms with Gasteiger partial charge in [-0.3, -0.25) is 14.3 Å². The predicted octanol–water partition coefficient (Wildman–Crippen LogP) is 0.0657. The van der Waals surface area contributed by atoms with Gasteiger partial charge in [0.25, 0.3) is 5.56 Å². The molecule has 2 heterocycles. The minimum atomic E-state index is -0.441. The molecule has 2 aromatic heterocycles. The van der Waals surface area contributed by atoms with E-state index in [1.54, 1.807) is 11.6 Å². The summed E-state index contributed by atoms with van der Waals surface area (Å²) in [6.07, 6.45) is 2.99. The quantitative estimate of drug-likeness (QED) is 0.833. The molecule has 96 valence electrons. The Labute approximate surface area is 103 Å². The third-order valence-corrected chi connectivity index (χ3v) is 2.64. The van der Waals surface area contributed by atoms with Crippen molar-refractivity contribution in [2.75, 3.05) is 0 Å². The highest BCUT2D eigenvalue weighted by Gasteiger charge is 2.09. The first-order chi connectivity index (χ1) is 8.49. The van der Waals surface area contributed by atoms with Gasteiger partial charge in [-0.2, -0.15) is 5.10 Å². The maximum atomic E-state index is 11.6. The second-order valence-electron chi connectivity index (χ2n) is 4.41. The van der Waals surface area contributed by atoms with E-state index in [1.165, 1.54) is 17.1 Å². The molecule has 0 atom stereocenters. The van der Waals surface area contributed by atoms with Crippen molar-refractivity contribution in [3.8, 4) is 0 Å². The smallest absolute Gasteiger partial charge is 0.293 e. The van der Waals surface area contributed by atoms with Crippen molar-refractivity contribution in [2.24, 2.45) is 0 Å². The summed E-state index contributed by atoms with van der Waals surface area (Å²) in [4.78, 5) is 29.3. The molecule has 18 heavy (non-hydrogen) atoms. The third kappa shape index (κ3) is 2.24. The molecule has 0 bridgehead atoms. The molecule has 0 amide bonds. The van der Waals surface area contributed by atoms with Crippen molar-refractivity contribution >= 4 is 0 Å². The van der Waals surface area contributed by atoms with Crippen LogP contribution in [0.2, 0.25) is 0 Å². The Balaban J connectivity index is 2.40. The molecule has 0 spiro atoms. The standard InChI is InChI=1S/C11H15N5O2/c1-7(2)16-9(12-6-13-16)5-15-4-8(3)10(17)14-11(15)18/h4,6-7H,5H2,1-3H3,(H,14,17,18). The van der Waals surface area contributed by atoms with E-state index in [0.717, 1.165) is 0 Å². The predicted molar refractivity (Wildman–Crippen MR) is 65.6 cm³/mol. The Kier molecular flexibility index (Phi) is 3.14. The second-order valence-corrected chi connectivity index (χ2v) is 4.41. The van der Waals surface area contributed by atoms with E-state index in [0.29, 0.717) is 11.4 Å². The van der Waals surface area contributed by atoms with Crippen LogP contribution < -0.4 is 11.2 Å². The number of hydrogen-bond donors (Lipinski definition) is 1. The van der Waals surface area contributed by atoms with Crippen LogP contribution in [0.4, 0.5) is 0 Å². The van der Waals surface area contributed by atoms with Crippen molar-refractivity contribution in [3.63, 3.8) is 0 Å². The summed E-state index contributed by atoms with van der Waals surface area (Å²) < 4.78 is 3.16. The number of nitrogens with zero attached hydrogens (tertiary/aromatic N) is 4. The lowest BCUT2D eigenvalue weighted by molar-refractivity contribution is 0.492. The number of aromatic amines is 1. The van der Waals surface area contributed by atoms with E-state index < -0.39 is 5.69 Å². The summed E-state index contributed by atoms with van der Waals surface area (Å²) in [6, 6.07) is 0.169. The van der Waals surface area contributed by atoms with Gasteiger partial charge in [0.2, 0.25) is 0 Å². The molecular formula is C11H15N5O2. The van der Waals surface area contributed by atoms with E-state index in [2.05, 4.69) is 15.1 Å². The van der Waals surface area contributed by atoms with Crippen molar-refractivity contribution < 1.29 is 0 Å². The molecule has 2 rings (SSSR count). The second kappa shape index (κ2) is 4.59. The van der Waals surface area contributed by atoms with E-state index in [9.17, 15) is 9.59 Å². The molecule has 0 saturated heterocycles. The normalized spacial score (nSPS) is 11.1. The van der Waals surface area contributed by atoms with Gasteiger partial charge in [-0.15, -0.1) is 0 Å². The number of nitrogens with one attached hydrogen (secondary N) is 1. The molecule has 0 saturated carbocycles. The van der Waals surface area contributed by atoms with Crippen molar-refractivity contribution in [1.82, 2.24) is 24.3 Å². The topological polar surface area (TPSA) is 85.6 Å². The van der Waals surface area contributed by atoms with Gasteiger partial charge >= 0.3 is 5.69 Å². The van der Waals surface area contributed by atoms with Gasteiger partial charge in [0.1, 0.15) is 12.2 Å². The Bertz CT molecular complexity index is 665. The number of rotatable bonds is 3. The highest BCUT2D eigenvalue weighted by atomic mass is 16.2. The first-order valence-corrected chi connectivity index (χ1v) is 5.68. The lowest BCUT2D eigenvalue weighted by atomic mass is 10.3. The zero-order valence-corrected chi connectivity index (χ0v) is 10.5. The SMILES string of the molecule is Cc1cn(Cc2ncnn2C(C)C)c(=O)[nH]c1=O. The largest absolute Gasteiger partial charge is 0.328 e. The average molecular weight is 249 g/mol. The number of H-pyrrole nitrogens is 1. The van der Waals surface area contributed by atoms with Crippen LogP contribution in [0.5, 0.6) is 0 Å². The Morgan fingerprint density at radius 1 is 1.39 bits per heavy atom. The van der Waals surface area contributed by atoms with Gasteiger partial charge in [0.05, 0.1) is 6.54 Å². The molecule has 0 fully saturated rings. The van der Waals surface area contributed by atoms with Gasteiger partial charge in [-0.25, -0.2) is 14.5 Å². The zero-order chi connectivity index (χ0) is 13.3. The molecule has 1 N–H and O–H groups in total. The fraction of sp³-hybridized carbons (Fsp3) is 0.455. The third-order valence-electron chi connectivity index (χ3n) is 2.64.